The summed E-state index contributed by atoms with van der Waals surface area (Å²) in [6, 6.07) is 11.4. The number of aromatic carboxylic acids is 1. The van der Waals surface area contributed by atoms with Crippen molar-refractivity contribution in [1.29, 1.82) is 0 Å². The summed E-state index contributed by atoms with van der Waals surface area (Å²) in [5.41, 5.74) is 3.40. The number of benzene rings is 2. The second-order valence-electron chi connectivity index (χ2n) is 6.16. The average molecular weight is 336 g/mol. The molecule has 0 aliphatic carbocycles. The van der Waals surface area contributed by atoms with Crippen molar-refractivity contribution < 1.29 is 9.90 Å². The van der Waals surface area contributed by atoms with Crippen LogP contribution in [0.25, 0.3) is 32.1 Å². The first-order valence-corrected chi connectivity index (χ1v) is 8.66. The van der Waals surface area contributed by atoms with E-state index in [1.807, 2.05) is 17.5 Å². The molecule has 5 heteroatoms. The Morgan fingerprint density at radius 3 is 2.75 bits per heavy atom. The fraction of sp³-hybridized carbons (Fsp3) is 0.158. The third-order valence-electron chi connectivity index (χ3n) is 4.28. The third kappa shape index (κ3) is 2.20. The van der Waals surface area contributed by atoms with Gasteiger partial charge in [-0.3, -0.25) is 5.10 Å². The minimum Gasteiger partial charge on any atom is -0.478 e. The zero-order valence-corrected chi connectivity index (χ0v) is 14.1. The first-order chi connectivity index (χ1) is 11.6. The van der Waals surface area contributed by atoms with Gasteiger partial charge in [0.2, 0.25) is 0 Å². The molecule has 2 aromatic heterocycles. The second kappa shape index (κ2) is 5.46. The normalized spacial score (nSPS) is 11.6. The number of hydrogen-bond donors (Lipinski definition) is 2. The summed E-state index contributed by atoms with van der Waals surface area (Å²) in [4.78, 5) is 12.5. The predicted octanol–water partition coefficient (Wildman–Crippen LogP) is 5.27. The lowest BCUT2D eigenvalue weighted by atomic mass is 9.95. The largest absolute Gasteiger partial charge is 0.478 e. The first kappa shape index (κ1) is 14.9. The molecule has 4 aromatic rings. The van der Waals surface area contributed by atoms with Crippen molar-refractivity contribution in [3.8, 4) is 10.4 Å². The van der Waals surface area contributed by atoms with Crippen molar-refractivity contribution in [1.82, 2.24) is 10.2 Å². The number of carbonyl (C=O) groups is 1. The van der Waals surface area contributed by atoms with Gasteiger partial charge >= 0.3 is 5.97 Å². The van der Waals surface area contributed by atoms with Crippen molar-refractivity contribution in [3.63, 3.8) is 0 Å². The van der Waals surface area contributed by atoms with Crippen LogP contribution in [0.1, 0.15) is 35.8 Å². The molecule has 24 heavy (non-hydrogen) atoms. The quantitative estimate of drug-likeness (QED) is 0.536. The number of rotatable bonds is 3. The van der Waals surface area contributed by atoms with E-state index in [2.05, 4.69) is 36.2 Å². The zero-order valence-electron chi connectivity index (χ0n) is 13.3. The van der Waals surface area contributed by atoms with Crippen LogP contribution in [0.15, 0.2) is 41.8 Å². The van der Waals surface area contributed by atoms with Crippen molar-refractivity contribution in [2.75, 3.05) is 0 Å². The molecule has 4 rings (SSSR count). The Hall–Kier alpha value is -2.66. The molecule has 0 fully saturated rings. The van der Waals surface area contributed by atoms with Crippen LogP contribution >= 0.6 is 11.3 Å². The molecule has 0 saturated heterocycles. The summed E-state index contributed by atoms with van der Waals surface area (Å²) in [6.07, 6.45) is 0. The van der Waals surface area contributed by atoms with E-state index in [4.69, 9.17) is 0 Å². The van der Waals surface area contributed by atoms with Crippen LogP contribution in [0.2, 0.25) is 0 Å². The summed E-state index contributed by atoms with van der Waals surface area (Å²) in [6.45, 7) is 4.28. The van der Waals surface area contributed by atoms with Gasteiger partial charge in [0.25, 0.3) is 0 Å². The highest BCUT2D eigenvalue weighted by atomic mass is 32.1. The molecular formula is C19H16N2O2S. The Labute approximate surface area is 142 Å². The summed E-state index contributed by atoms with van der Waals surface area (Å²) in [5.74, 6) is -0.593. The number of carboxylic acids is 1. The molecule has 0 spiro atoms. The van der Waals surface area contributed by atoms with Crippen molar-refractivity contribution in [2.45, 2.75) is 19.8 Å². The van der Waals surface area contributed by atoms with Gasteiger partial charge in [0.15, 0.2) is 0 Å². The van der Waals surface area contributed by atoms with Gasteiger partial charge in [-0.15, -0.1) is 11.3 Å². The highest BCUT2D eigenvalue weighted by molar-refractivity contribution is 7.13. The average Bonchev–Trinajstić information content (AvgIpc) is 3.23. The number of thiophene rings is 1. The maximum Gasteiger partial charge on any atom is 0.335 e. The molecule has 2 heterocycles. The Bertz CT molecular complexity index is 1060. The number of aromatic amines is 1. The Balaban J connectivity index is 2.15. The maximum atomic E-state index is 11.3. The van der Waals surface area contributed by atoms with E-state index < -0.39 is 5.97 Å². The topological polar surface area (TPSA) is 66.0 Å². The van der Waals surface area contributed by atoms with Gasteiger partial charge in [0, 0.05) is 26.9 Å². The molecule has 0 aliphatic heterocycles. The number of nitrogens with one attached hydrogen (secondary N) is 1. The van der Waals surface area contributed by atoms with E-state index in [-0.39, 0.29) is 0 Å². The van der Waals surface area contributed by atoms with E-state index in [1.165, 1.54) is 0 Å². The lowest BCUT2D eigenvalue weighted by Gasteiger charge is -2.09. The highest BCUT2D eigenvalue weighted by Gasteiger charge is 2.18. The Morgan fingerprint density at radius 1 is 1.25 bits per heavy atom. The van der Waals surface area contributed by atoms with Gasteiger partial charge in [-0.25, -0.2) is 4.79 Å². The molecule has 0 aliphatic rings. The molecule has 0 bridgehead atoms. The predicted molar refractivity (Wildman–Crippen MR) is 98.0 cm³/mol. The van der Waals surface area contributed by atoms with E-state index in [1.54, 1.807) is 23.5 Å². The van der Waals surface area contributed by atoms with Gasteiger partial charge in [-0.05, 0) is 40.9 Å². The maximum absolute atomic E-state index is 11.3. The van der Waals surface area contributed by atoms with Gasteiger partial charge in [-0.1, -0.05) is 26.0 Å². The molecule has 0 unspecified atom stereocenters. The lowest BCUT2D eigenvalue weighted by molar-refractivity contribution is 0.0697. The number of nitrogens with zero attached hydrogens (tertiary/aromatic N) is 1. The van der Waals surface area contributed by atoms with Crippen LogP contribution in [0.3, 0.4) is 0 Å². The van der Waals surface area contributed by atoms with Crippen LogP contribution in [0.4, 0.5) is 0 Å². The fourth-order valence-corrected chi connectivity index (χ4v) is 3.87. The molecule has 0 saturated carbocycles. The zero-order chi connectivity index (χ0) is 16.8. The number of carboxylic acid groups (broad SMARTS) is 1. The van der Waals surface area contributed by atoms with E-state index in [0.29, 0.717) is 11.5 Å². The van der Waals surface area contributed by atoms with Gasteiger partial charge in [0.1, 0.15) is 5.52 Å². The summed E-state index contributed by atoms with van der Waals surface area (Å²) >= 11 is 1.68. The highest BCUT2D eigenvalue weighted by Crippen LogP contribution is 2.39. The SMILES string of the molecule is CC(C)c1[nH]nc2c1c(-c1cccs1)cc1cc(C(=O)O)ccc12. The van der Waals surface area contributed by atoms with Crippen LogP contribution in [-0.4, -0.2) is 21.3 Å². The molecule has 0 radical (unpaired) electrons. The number of H-pyrrole nitrogens is 1. The van der Waals surface area contributed by atoms with Crippen LogP contribution in [0, 0.1) is 0 Å². The molecule has 0 amide bonds. The van der Waals surface area contributed by atoms with Gasteiger partial charge in [0.05, 0.1) is 5.56 Å². The standard InChI is InChI=1S/C19H16N2O2S/c1-10(2)17-16-14(15-4-3-7-24-15)9-12-8-11(19(22)23)5-6-13(12)18(16)21-20-17/h3-10H,1-2H3,(H,20,21)(H,22,23). The molecule has 0 atom stereocenters. The number of hydrogen-bond acceptors (Lipinski definition) is 3. The molecule has 2 aromatic carbocycles. The minimum absolute atomic E-state index is 0.290. The summed E-state index contributed by atoms with van der Waals surface area (Å²) < 4.78 is 0. The summed E-state index contributed by atoms with van der Waals surface area (Å²) in [7, 11) is 0. The molecular weight excluding hydrogens is 320 g/mol. The second-order valence-corrected chi connectivity index (χ2v) is 7.11. The van der Waals surface area contributed by atoms with Crippen LogP contribution < -0.4 is 0 Å². The number of fused-ring (bicyclic) bond motifs is 3. The molecule has 2 N–H and O–H groups in total. The van der Waals surface area contributed by atoms with Crippen molar-refractivity contribution >= 4 is 39.0 Å². The molecule has 4 nitrogen and oxygen atoms in total. The smallest absolute Gasteiger partial charge is 0.335 e. The lowest BCUT2D eigenvalue weighted by Crippen LogP contribution is -1.95. The minimum atomic E-state index is -0.917. The van der Waals surface area contributed by atoms with E-state index in [9.17, 15) is 9.90 Å². The van der Waals surface area contributed by atoms with Gasteiger partial charge < -0.3 is 5.11 Å². The monoisotopic (exact) mass is 336 g/mol. The van der Waals surface area contributed by atoms with Gasteiger partial charge in [-0.2, -0.15) is 5.10 Å². The third-order valence-corrected chi connectivity index (χ3v) is 5.18. The fourth-order valence-electron chi connectivity index (χ4n) is 3.13. The Kier molecular flexibility index (Phi) is 3.39. The van der Waals surface area contributed by atoms with E-state index in [0.717, 1.165) is 37.8 Å². The number of aromatic nitrogens is 2. The van der Waals surface area contributed by atoms with Crippen molar-refractivity contribution in [2.24, 2.45) is 0 Å². The molecule has 120 valence electrons. The van der Waals surface area contributed by atoms with Crippen LogP contribution in [0.5, 0.6) is 0 Å². The van der Waals surface area contributed by atoms with E-state index >= 15 is 0 Å². The summed E-state index contributed by atoms with van der Waals surface area (Å²) in [5, 5.41) is 22.0. The Morgan fingerprint density at radius 2 is 2.08 bits per heavy atom. The first-order valence-electron chi connectivity index (χ1n) is 7.78. The van der Waals surface area contributed by atoms with Crippen molar-refractivity contribution in [3.05, 3.63) is 53.0 Å². The van der Waals surface area contributed by atoms with Crippen LogP contribution in [-0.2, 0) is 0 Å².